The molecule has 1 N–H and O–H groups in total. The highest BCUT2D eigenvalue weighted by Crippen LogP contribution is 2.20. The number of aromatic amines is 1. The van der Waals surface area contributed by atoms with Crippen LogP contribution < -0.4 is 0 Å². The fourth-order valence-electron chi connectivity index (χ4n) is 2.19. The molecule has 0 saturated carbocycles. The first kappa shape index (κ1) is 12.9. The largest absolute Gasteiger partial charge is 0.328 e. The van der Waals surface area contributed by atoms with Crippen molar-refractivity contribution < 1.29 is 8.78 Å². The van der Waals surface area contributed by atoms with E-state index >= 15 is 0 Å². The fourth-order valence-corrected chi connectivity index (χ4v) is 2.45. The average molecular weight is 291 g/mol. The Morgan fingerprint density at radius 2 is 2.10 bits per heavy atom. The molecule has 3 nitrogen and oxygen atoms in total. The number of halogens is 2. The smallest absolute Gasteiger partial charge is 0.178 e. The number of fused-ring (bicyclic) bond motifs is 1. The molecule has 3 aromatic rings. The second-order valence-electron chi connectivity index (χ2n) is 4.57. The van der Waals surface area contributed by atoms with Gasteiger partial charge in [0, 0.05) is 11.8 Å². The number of benzene rings is 1. The van der Waals surface area contributed by atoms with Crippen LogP contribution in [0.5, 0.6) is 0 Å². The van der Waals surface area contributed by atoms with E-state index in [2.05, 4.69) is 9.97 Å². The van der Waals surface area contributed by atoms with E-state index in [0.717, 1.165) is 17.5 Å². The van der Waals surface area contributed by atoms with Crippen LogP contribution >= 0.6 is 12.2 Å². The Morgan fingerprint density at radius 3 is 2.85 bits per heavy atom. The quantitative estimate of drug-likeness (QED) is 0.730. The van der Waals surface area contributed by atoms with Gasteiger partial charge in [0.05, 0.1) is 17.8 Å². The van der Waals surface area contributed by atoms with Gasteiger partial charge < -0.3 is 9.55 Å². The van der Waals surface area contributed by atoms with Gasteiger partial charge >= 0.3 is 0 Å². The molecule has 20 heavy (non-hydrogen) atoms. The van der Waals surface area contributed by atoms with Crippen LogP contribution in [0.25, 0.3) is 11.0 Å². The lowest BCUT2D eigenvalue weighted by Gasteiger charge is -2.05. The monoisotopic (exact) mass is 291 g/mol. The van der Waals surface area contributed by atoms with Gasteiger partial charge in [0.15, 0.2) is 10.6 Å². The lowest BCUT2D eigenvalue weighted by atomic mass is 10.2. The number of pyridine rings is 1. The summed E-state index contributed by atoms with van der Waals surface area (Å²) in [6.07, 6.45) is 0. The van der Waals surface area contributed by atoms with Crippen LogP contribution in [-0.4, -0.2) is 14.5 Å². The third-order valence-electron chi connectivity index (χ3n) is 3.07. The molecule has 0 saturated heterocycles. The summed E-state index contributed by atoms with van der Waals surface area (Å²) >= 11 is 5.18. The van der Waals surface area contributed by atoms with Crippen molar-refractivity contribution in [3.8, 4) is 0 Å². The van der Waals surface area contributed by atoms with E-state index in [9.17, 15) is 8.78 Å². The van der Waals surface area contributed by atoms with Crippen LogP contribution in [0.1, 0.15) is 11.4 Å². The summed E-state index contributed by atoms with van der Waals surface area (Å²) < 4.78 is 29.0. The van der Waals surface area contributed by atoms with Gasteiger partial charge in [-0.1, -0.05) is 6.07 Å². The summed E-state index contributed by atoms with van der Waals surface area (Å²) in [6.45, 7) is 2.25. The van der Waals surface area contributed by atoms with Gasteiger partial charge in [0.2, 0.25) is 0 Å². The van der Waals surface area contributed by atoms with Crippen molar-refractivity contribution in [2.45, 2.75) is 13.5 Å². The Labute approximate surface area is 118 Å². The zero-order chi connectivity index (χ0) is 14.3. The molecule has 0 aliphatic carbocycles. The van der Waals surface area contributed by atoms with Crippen molar-refractivity contribution in [1.82, 2.24) is 14.5 Å². The predicted octanol–water partition coefficient (Wildman–Crippen LogP) is 3.73. The van der Waals surface area contributed by atoms with Crippen LogP contribution in [0.3, 0.4) is 0 Å². The Kier molecular flexibility index (Phi) is 3.10. The minimum absolute atomic E-state index is 0.212. The molecule has 3 rings (SSSR count). The molecule has 2 heterocycles. The van der Waals surface area contributed by atoms with Gasteiger partial charge in [-0.25, -0.2) is 8.78 Å². The summed E-state index contributed by atoms with van der Waals surface area (Å²) in [5, 5.41) is 0. The molecular weight excluding hydrogens is 280 g/mol. The highest BCUT2D eigenvalue weighted by molar-refractivity contribution is 7.71. The Morgan fingerprint density at radius 1 is 1.30 bits per heavy atom. The van der Waals surface area contributed by atoms with Crippen molar-refractivity contribution in [2.75, 3.05) is 0 Å². The van der Waals surface area contributed by atoms with Crippen molar-refractivity contribution in [1.29, 1.82) is 0 Å². The van der Waals surface area contributed by atoms with Crippen LogP contribution in [-0.2, 0) is 6.54 Å². The number of imidazole rings is 1. The van der Waals surface area contributed by atoms with Gasteiger partial charge in [0.25, 0.3) is 0 Å². The third-order valence-corrected chi connectivity index (χ3v) is 3.39. The minimum Gasteiger partial charge on any atom is -0.328 e. The molecule has 0 fully saturated rings. The van der Waals surface area contributed by atoms with Gasteiger partial charge in [-0.2, -0.15) is 0 Å². The fraction of sp³-hybridized carbons (Fsp3) is 0.143. The lowest BCUT2D eigenvalue weighted by molar-refractivity contribution is 0.590. The van der Waals surface area contributed by atoms with E-state index in [1.165, 1.54) is 6.07 Å². The van der Waals surface area contributed by atoms with Crippen molar-refractivity contribution in [3.63, 3.8) is 0 Å². The summed E-state index contributed by atoms with van der Waals surface area (Å²) in [5.41, 5.74) is 2.28. The first-order valence-corrected chi connectivity index (χ1v) is 6.45. The third kappa shape index (κ3) is 2.22. The van der Waals surface area contributed by atoms with Gasteiger partial charge in [0.1, 0.15) is 11.3 Å². The van der Waals surface area contributed by atoms with Gasteiger partial charge in [-0.05, 0) is 37.3 Å². The van der Waals surface area contributed by atoms with Gasteiger partial charge in [-0.15, -0.1) is 0 Å². The number of aromatic nitrogens is 3. The summed E-state index contributed by atoms with van der Waals surface area (Å²) in [4.78, 5) is 7.14. The average Bonchev–Trinajstić information content (AvgIpc) is 2.68. The van der Waals surface area contributed by atoms with E-state index in [1.807, 2.05) is 25.1 Å². The number of H-pyrrole nitrogens is 1. The van der Waals surface area contributed by atoms with E-state index in [-0.39, 0.29) is 5.52 Å². The summed E-state index contributed by atoms with van der Waals surface area (Å²) in [6, 6.07) is 7.72. The zero-order valence-corrected chi connectivity index (χ0v) is 11.5. The van der Waals surface area contributed by atoms with E-state index < -0.39 is 11.6 Å². The molecule has 0 bridgehead atoms. The predicted molar refractivity (Wildman–Crippen MR) is 75.1 cm³/mol. The number of hydrogen-bond donors (Lipinski definition) is 1. The van der Waals surface area contributed by atoms with E-state index in [4.69, 9.17) is 12.2 Å². The maximum atomic E-state index is 13.7. The molecule has 6 heteroatoms. The number of nitrogens with one attached hydrogen (secondary N) is 1. The first-order valence-electron chi connectivity index (χ1n) is 6.05. The first-order chi connectivity index (χ1) is 9.54. The molecule has 0 spiro atoms. The molecule has 0 atom stereocenters. The molecule has 0 aliphatic rings. The van der Waals surface area contributed by atoms with E-state index in [1.54, 1.807) is 4.57 Å². The number of rotatable bonds is 2. The Hall–Kier alpha value is -2.08. The second-order valence-corrected chi connectivity index (χ2v) is 4.96. The topological polar surface area (TPSA) is 33.6 Å². The maximum Gasteiger partial charge on any atom is 0.178 e. The highest BCUT2D eigenvalue weighted by Gasteiger charge is 2.11. The SMILES string of the molecule is Cc1cccc(Cn2c(=S)[nH]c3c(F)cc(F)cc32)n1. The Bertz CT molecular complexity index is 851. The molecule has 0 amide bonds. The van der Waals surface area contributed by atoms with E-state index in [0.29, 0.717) is 16.8 Å². The summed E-state index contributed by atoms with van der Waals surface area (Å²) in [7, 11) is 0. The molecule has 1 aromatic carbocycles. The van der Waals surface area contributed by atoms with Crippen molar-refractivity contribution >= 4 is 23.3 Å². The van der Waals surface area contributed by atoms with Crippen LogP contribution in [0.2, 0.25) is 0 Å². The molecule has 0 aliphatic heterocycles. The highest BCUT2D eigenvalue weighted by atomic mass is 32.1. The standard InChI is InChI=1S/C14H11F2N3S/c1-8-3-2-4-10(17-8)7-19-12-6-9(15)5-11(16)13(12)18-14(19)20/h2-6H,7H2,1H3,(H,18,20). The molecule has 0 unspecified atom stereocenters. The molecule has 0 radical (unpaired) electrons. The second kappa shape index (κ2) is 4.79. The molecular formula is C14H11F2N3S. The van der Waals surface area contributed by atoms with Crippen LogP contribution in [0, 0.1) is 23.3 Å². The number of nitrogens with zero attached hydrogens (tertiary/aromatic N) is 2. The number of aryl methyl sites for hydroxylation is 1. The lowest BCUT2D eigenvalue weighted by Crippen LogP contribution is -2.02. The van der Waals surface area contributed by atoms with Gasteiger partial charge in [-0.3, -0.25) is 4.98 Å². The van der Waals surface area contributed by atoms with Crippen LogP contribution in [0.4, 0.5) is 8.78 Å². The minimum atomic E-state index is -0.651. The van der Waals surface area contributed by atoms with Crippen molar-refractivity contribution in [3.05, 3.63) is 58.1 Å². The Balaban J connectivity index is 2.16. The maximum absolute atomic E-state index is 13.7. The normalized spacial score (nSPS) is 11.2. The number of hydrogen-bond acceptors (Lipinski definition) is 2. The molecule has 102 valence electrons. The zero-order valence-electron chi connectivity index (χ0n) is 10.7. The van der Waals surface area contributed by atoms with Crippen LogP contribution in [0.15, 0.2) is 30.3 Å². The summed E-state index contributed by atoms with van der Waals surface area (Å²) in [5.74, 6) is -1.28. The molecule has 2 aromatic heterocycles. The van der Waals surface area contributed by atoms with Crippen molar-refractivity contribution in [2.24, 2.45) is 0 Å².